The van der Waals surface area contributed by atoms with E-state index in [9.17, 15) is 0 Å². The first kappa shape index (κ1) is 42.9. The van der Waals surface area contributed by atoms with Gasteiger partial charge in [0.2, 0.25) is 0 Å². The minimum Gasteiger partial charge on any atom is -0.307 e. The van der Waals surface area contributed by atoms with Crippen molar-refractivity contribution in [2.45, 2.75) is 0 Å². The Bertz CT molecular complexity index is 4320. The molecule has 3 heterocycles. The summed E-state index contributed by atoms with van der Waals surface area (Å²) in [6.07, 6.45) is 0. The number of rotatable bonds is 9. The molecule has 0 aliphatic rings. The van der Waals surface area contributed by atoms with E-state index in [0.29, 0.717) is 17.5 Å². The molecule has 0 saturated heterocycles. The Hall–Kier alpha value is -9.97. The Morgan fingerprint density at radius 1 is 0.230 bits per heavy atom. The van der Waals surface area contributed by atoms with Crippen LogP contribution in [-0.2, 0) is 0 Å². The molecule has 0 aliphatic heterocycles. The van der Waals surface area contributed by atoms with Crippen molar-refractivity contribution in [3.05, 3.63) is 273 Å². The SMILES string of the molecule is c1ccc(-c2ccc3c(c2)c2ccccc2n3-c2cc(-c3ccccc3)cc3c4cc(-c5ccccc5)cc(-c5cccc(-c6nc(-c7ccccc7)nc(-c7ccccc7)n6)c5)c4n(-c4ccccc4)c23)cc1. The van der Waals surface area contributed by atoms with Gasteiger partial charge in [-0.3, -0.25) is 0 Å². The lowest BCUT2D eigenvalue weighted by Crippen LogP contribution is -2.02. The highest BCUT2D eigenvalue weighted by Crippen LogP contribution is 2.47. The van der Waals surface area contributed by atoms with Crippen LogP contribution in [-0.4, -0.2) is 24.1 Å². The highest BCUT2D eigenvalue weighted by atomic mass is 15.1. The van der Waals surface area contributed by atoms with Gasteiger partial charge < -0.3 is 9.13 Å². The smallest absolute Gasteiger partial charge is 0.164 e. The van der Waals surface area contributed by atoms with Crippen molar-refractivity contribution in [1.29, 1.82) is 0 Å². The largest absolute Gasteiger partial charge is 0.307 e. The van der Waals surface area contributed by atoms with Crippen LogP contribution < -0.4 is 0 Å². The first-order valence-corrected chi connectivity index (χ1v) is 25.1. The van der Waals surface area contributed by atoms with Gasteiger partial charge >= 0.3 is 0 Å². The number of fused-ring (bicyclic) bond motifs is 6. The van der Waals surface area contributed by atoms with E-state index in [1.807, 2.05) is 36.4 Å². The maximum absolute atomic E-state index is 5.18. The number of hydrogen-bond donors (Lipinski definition) is 0. The number of aromatic nitrogens is 5. The molecular weight excluding hydrogens is 899 g/mol. The van der Waals surface area contributed by atoms with E-state index in [0.717, 1.165) is 94.3 Å². The number of para-hydroxylation sites is 2. The van der Waals surface area contributed by atoms with Crippen molar-refractivity contribution in [1.82, 2.24) is 24.1 Å². The summed E-state index contributed by atoms with van der Waals surface area (Å²) in [5.74, 6) is 1.86. The van der Waals surface area contributed by atoms with Crippen LogP contribution in [0.25, 0.3) is 134 Å². The van der Waals surface area contributed by atoms with Gasteiger partial charge in [-0.2, -0.15) is 0 Å². The number of hydrogen-bond acceptors (Lipinski definition) is 3. The molecule has 346 valence electrons. The fourth-order valence-corrected chi connectivity index (χ4v) is 10.9. The fraction of sp³-hybridized carbons (Fsp3) is 0. The lowest BCUT2D eigenvalue weighted by Gasteiger charge is -2.17. The zero-order valence-corrected chi connectivity index (χ0v) is 40.2. The van der Waals surface area contributed by atoms with Crippen molar-refractivity contribution in [2.24, 2.45) is 0 Å². The Kier molecular flexibility index (Phi) is 10.4. The molecule has 0 aliphatic carbocycles. The van der Waals surface area contributed by atoms with Gasteiger partial charge in [-0.1, -0.05) is 212 Å². The third-order valence-electron chi connectivity index (χ3n) is 14.3. The van der Waals surface area contributed by atoms with Gasteiger partial charge in [-0.05, 0) is 99.6 Å². The van der Waals surface area contributed by atoms with E-state index in [2.05, 4.69) is 246 Å². The van der Waals surface area contributed by atoms with Crippen molar-refractivity contribution >= 4 is 43.6 Å². The zero-order chi connectivity index (χ0) is 49.0. The van der Waals surface area contributed by atoms with Gasteiger partial charge in [-0.15, -0.1) is 0 Å². The second-order valence-corrected chi connectivity index (χ2v) is 18.8. The van der Waals surface area contributed by atoms with Crippen LogP contribution in [0.1, 0.15) is 0 Å². The van der Waals surface area contributed by atoms with E-state index >= 15 is 0 Å². The lowest BCUT2D eigenvalue weighted by molar-refractivity contribution is 1.07. The lowest BCUT2D eigenvalue weighted by atomic mass is 9.94. The summed E-state index contributed by atoms with van der Waals surface area (Å²) < 4.78 is 5.01. The monoisotopic (exact) mass is 943 g/mol. The van der Waals surface area contributed by atoms with Crippen molar-refractivity contribution in [3.8, 4) is 90.0 Å². The highest BCUT2D eigenvalue weighted by Gasteiger charge is 2.25. The predicted molar refractivity (Wildman–Crippen MR) is 307 cm³/mol. The first-order chi connectivity index (χ1) is 36.7. The first-order valence-electron chi connectivity index (χ1n) is 25.1. The van der Waals surface area contributed by atoms with E-state index in [1.54, 1.807) is 0 Å². The highest BCUT2D eigenvalue weighted by molar-refractivity contribution is 6.20. The van der Waals surface area contributed by atoms with E-state index in [-0.39, 0.29) is 0 Å². The van der Waals surface area contributed by atoms with Crippen LogP contribution >= 0.6 is 0 Å². The summed E-state index contributed by atoms with van der Waals surface area (Å²) in [5, 5.41) is 4.71. The van der Waals surface area contributed by atoms with Gasteiger partial charge in [-0.25, -0.2) is 15.0 Å². The van der Waals surface area contributed by atoms with E-state index in [1.165, 1.54) is 21.9 Å². The molecule has 11 aromatic carbocycles. The molecular formula is C69H45N5. The summed E-state index contributed by atoms with van der Waals surface area (Å²) >= 11 is 0. The molecule has 5 heteroatoms. The Morgan fingerprint density at radius 2 is 0.662 bits per heavy atom. The second kappa shape index (κ2) is 18.0. The van der Waals surface area contributed by atoms with Crippen molar-refractivity contribution in [2.75, 3.05) is 0 Å². The Labute approximate surface area is 428 Å². The van der Waals surface area contributed by atoms with E-state index < -0.39 is 0 Å². The quantitative estimate of drug-likeness (QED) is 0.145. The van der Waals surface area contributed by atoms with Gasteiger partial charge in [0.1, 0.15) is 0 Å². The minimum absolute atomic E-state index is 0.607. The maximum atomic E-state index is 5.18. The standard InChI is InChI=1S/C69H45N5/c1-7-22-46(23-8-1)51-38-39-63-59(41-51)57-36-19-20-37-62(57)74(63)64-45-55(48-26-11-3-12-27-48)44-61-60-43-54(47-24-9-2-10-25-47)42-58(65(60)73(66(61)64)56-34-17-6-18-35-56)52-32-21-33-53(40-52)69-71-67(49-28-13-4-14-29-49)70-68(72-69)50-30-15-5-16-31-50/h1-45H. The third kappa shape index (κ3) is 7.46. The summed E-state index contributed by atoms with van der Waals surface area (Å²) in [6.45, 7) is 0. The summed E-state index contributed by atoms with van der Waals surface area (Å²) in [6, 6.07) is 97.6. The Balaban J connectivity index is 1.10. The topological polar surface area (TPSA) is 48.5 Å². The number of nitrogens with zero attached hydrogens (tertiary/aromatic N) is 5. The molecule has 0 atom stereocenters. The maximum Gasteiger partial charge on any atom is 0.164 e. The van der Waals surface area contributed by atoms with Crippen LogP contribution in [0, 0.1) is 0 Å². The summed E-state index contributed by atoms with van der Waals surface area (Å²) in [4.78, 5) is 15.4. The molecule has 0 unspecified atom stereocenters. The van der Waals surface area contributed by atoms with Crippen LogP contribution in [0.5, 0.6) is 0 Å². The molecule has 0 N–H and O–H groups in total. The average molecular weight is 944 g/mol. The average Bonchev–Trinajstić information content (AvgIpc) is 4.07. The van der Waals surface area contributed by atoms with E-state index in [4.69, 9.17) is 15.0 Å². The summed E-state index contributed by atoms with van der Waals surface area (Å²) in [7, 11) is 0. The molecule has 14 aromatic rings. The molecule has 0 bridgehead atoms. The molecule has 5 nitrogen and oxygen atoms in total. The van der Waals surface area contributed by atoms with Gasteiger partial charge in [0.05, 0.1) is 27.8 Å². The Morgan fingerprint density at radius 3 is 1.26 bits per heavy atom. The molecule has 3 aromatic heterocycles. The summed E-state index contributed by atoms with van der Waals surface area (Å²) in [5.41, 5.74) is 18.5. The molecule has 0 fully saturated rings. The zero-order valence-electron chi connectivity index (χ0n) is 40.2. The molecule has 74 heavy (non-hydrogen) atoms. The molecule has 14 rings (SSSR count). The van der Waals surface area contributed by atoms with Crippen LogP contribution in [0.2, 0.25) is 0 Å². The van der Waals surface area contributed by atoms with Crippen molar-refractivity contribution in [3.63, 3.8) is 0 Å². The van der Waals surface area contributed by atoms with Crippen molar-refractivity contribution < 1.29 is 0 Å². The van der Waals surface area contributed by atoms with Crippen LogP contribution in [0.15, 0.2) is 273 Å². The van der Waals surface area contributed by atoms with Crippen LogP contribution in [0.4, 0.5) is 0 Å². The minimum atomic E-state index is 0.607. The van der Waals surface area contributed by atoms with Gasteiger partial charge in [0.15, 0.2) is 17.5 Å². The third-order valence-corrected chi connectivity index (χ3v) is 14.3. The normalized spacial score (nSPS) is 11.5. The molecule has 0 amide bonds. The fourth-order valence-electron chi connectivity index (χ4n) is 10.9. The van der Waals surface area contributed by atoms with Gasteiger partial charge in [0.25, 0.3) is 0 Å². The molecule has 0 saturated carbocycles. The molecule has 0 radical (unpaired) electrons. The van der Waals surface area contributed by atoms with Gasteiger partial charge in [0, 0.05) is 49.5 Å². The predicted octanol–water partition coefficient (Wildman–Crippen LogP) is 17.7. The second-order valence-electron chi connectivity index (χ2n) is 18.8. The number of benzene rings is 11. The van der Waals surface area contributed by atoms with Crippen LogP contribution in [0.3, 0.4) is 0 Å². The molecule has 0 spiro atoms.